The van der Waals surface area contributed by atoms with Crippen molar-refractivity contribution >= 4 is 24.2 Å². The molecule has 0 bridgehead atoms. The van der Waals surface area contributed by atoms with Crippen molar-refractivity contribution < 1.29 is 28.2 Å². The van der Waals surface area contributed by atoms with E-state index >= 15 is 0 Å². The van der Waals surface area contributed by atoms with Crippen molar-refractivity contribution in [1.29, 1.82) is 0 Å². The van der Waals surface area contributed by atoms with E-state index in [2.05, 4.69) is 10.5 Å². The van der Waals surface area contributed by atoms with Crippen molar-refractivity contribution in [1.82, 2.24) is 5.43 Å². The number of amides is 1. The molecule has 1 N–H and O–H groups in total. The Bertz CT molecular complexity index is 1100. The Balaban J connectivity index is 1.26. The Labute approximate surface area is 177 Å². The van der Waals surface area contributed by atoms with E-state index in [-0.39, 0.29) is 6.61 Å². The number of fused-ring (bicyclic) bond motifs is 1. The molecule has 0 fully saturated rings. The van der Waals surface area contributed by atoms with Gasteiger partial charge in [-0.05, 0) is 60.2 Å². The highest BCUT2D eigenvalue weighted by atomic mass is 16.6. The number of furan rings is 1. The summed E-state index contributed by atoms with van der Waals surface area (Å²) in [6, 6.07) is 17.2. The number of esters is 1. The molecule has 4 rings (SSSR count). The summed E-state index contributed by atoms with van der Waals surface area (Å²) in [5.74, 6) is 1.11. The summed E-state index contributed by atoms with van der Waals surface area (Å²) in [4.78, 5) is 24.0. The van der Waals surface area contributed by atoms with Crippen LogP contribution in [0.4, 0.5) is 0 Å². The normalized spacial score (nSPS) is 15.2. The van der Waals surface area contributed by atoms with Gasteiger partial charge >= 0.3 is 5.97 Å². The van der Waals surface area contributed by atoms with Gasteiger partial charge in [-0.1, -0.05) is 12.1 Å². The second-order valence-electron chi connectivity index (χ2n) is 6.44. The van der Waals surface area contributed by atoms with Crippen LogP contribution in [0, 0.1) is 0 Å². The molecule has 0 saturated heterocycles. The lowest BCUT2D eigenvalue weighted by Crippen LogP contribution is -2.42. The van der Waals surface area contributed by atoms with Gasteiger partial charge in [-0.2, -0.15) is 5.10 Å². The molecule has 0 spiro atoms. The van der Waals surface area contributed by atoms with Gasteiger partial charge in [0.1, 0.15) is 18.1 Å². The van der Waals surface area contributed by atoms with Crippen molar-refractivity contribution in [3.8, 4) is 17.2 Å². The highest BCUT2D eigenvalue weighted by Gasteiger charge is 2.26. The smallest absolute Gasteiger partial charge is 0.336 e. The maximum Gasteiger partial charge on any atom is 0.336 e. The van der Waals surface area contributed by atoms with Gasteiger partial charge in [0, 0.05) is 6.08 Å². The molecule has 1 amide bonds. The van der Waals surface area contributed by atoms with Crippen molar-refractivity contribution in [3.05, 3.63) is 84.3 Å². The molecule has 1 aliphatic rings. The van der Waals surface area contributed by atoms with Crippen LogP contribution in [-0.4, -0.2) is 30.8 Å². The molecule has 0 radical (unpaired) electrons. The van der Waals surface area contributed by atoms with Gasteiger partial charge in [-0.3, -0.25) is 4.79 Å². The lowest BCUT2D eigenvalue weighted by molar-refractivity contribution is -0.130. The molecule has 1 aliphatic heterocycles. The lowest BCUT2D eigenvalue weighted by Gasteiger charge is -2.24. The van der Waals surface area contributed by atoms with E-state index in [0.29, 0.717) is 28.6 Å². The molecule has 0 unspecified atom stereocenters. The highest BCUT2D eigenvalue weighted by Crippen LogP contribution is 2.30. The molecule has 1 atom stereocenters. The number of hydrazone groups is 1. The summed E-state index contributed by atoms with van der Waals surface area (Å²) in [6.45, 7) is 0.104. The fourth-order valence-corrected chi connectivity index (χ4v) is 2.70. The number of nitrogens with zero attached hydrogens (tertiary/aromatic N) is 1. The minimum Gasteiger partial charge on any atom is -0.485 e. The number of benzene rings is 2. The summed E-state index contributed by atoms with van der Waals surface area (Å²) in [5.41, 5.74) is 3.14. The van der Waals surface area contributed by atoms with Gasteiger partial charge < -0.3 is 18.6 Å². The Kier molecular flexibility index (Phi) is 6.08. The molecular weight excluding hydrogens is 400 g/mol. The number of carbonyl (C=O) groups is 2. The van der Waals surface area contributed by atoms with Crippen molar-refractivity contribution in [3.63, 3.8) is 0 Å². The number of nitrogens with one attached hydrogen (secondary N) is 1. The predicted octanol–water partition coefficient (Wildman–Crippen LogP) is 3.19. The van der Waals surface area contributed by atoms with Crippen molar-refractivity contribution in [2.75, 3.05) is 6.61 Å². The van der Waals surface area contributed by atoms with E-state index in [0.717, 1.165) is 0 Å². The molecule has 156 valence electrons. The van der Waals surface area contributed by atoms with Gasteiger partial charge in [0.2, 0.25) is 6.10 Å². The lowest BCUT2D eigenvalue weighted by atomic mass is 10.2. The number of rotatable bonds is 6. The van der Waals surface area contributed by atoms with E-state index in [4.69, 9.17) is 18.6 Å². The van der Waals surface area contributed by atoms with Crippen LogP contribution in [-0.2, 0) is 9.59 Å². The van der Waals surface area contributed by atoms with E-state index in [1.807, 2.05) is 6.07 Å². The van der Waals surface area contributed by atoms with Gasteiger partial charge in [-0.25, -0.2) is 10.2 Å². The minimum atomic E-state index is -0.789. The SMILES string of the molecule is O=C(/C=C/c1ccco1)Oc1ccc(/C=N/NC(=O)[C@@H]2COc3ccccc3O2)cc1. The maximum absolute atomic E-state index is 12.2. The van der Waals surface area contributed by atoms with E-state index in [1.54, 1.807) is 54.6 Å². The first-order valence-electron chi connectivity index (χ1n) is 9.42. The summed E-state index contributed by atoms with van der Waals surface area (Å²) >= 11 is 0. The molecule has 3 aromatic rings. The number of hydrogen-bond donors (Lipinski definition) is 1. The van der Waals surface area contributed by atoms with Crippen LogP contribution in [0.5, 0.6) is 17.2 Å². The van der Waals surface area contributed by atoms with E-state index in [9.17, 15) is 9.59 Å². The van der Waals surface area contributed by atoms with E-state index < -0.39 is 18.0 Å². The van der Waals surface area contributed by atoms with Gasteiger partial charge in [0.25, 0.3) is 5.91 Å². The van der Waals surface area contributed by atoms with Crippen LogP contribution in [0.2, 0.25) is 0 Å². The van der Waals surface area contributed by atoms with Gasteiger partial charge in [0.05, 0.1) is 12.5 Å². The minimum absolute atomic E-state index is 0.104. The van der Waals surface area contributed by atoms with Crippen molar-refractivity contribution in [2.45, 2.75) is 6.10 Å². The molecule has 8 heteroatoms. The van der Waals surface area contributed by atoms with Crippen LogP contribution in [0.3, 0.4) is 0 Å². The fraction of sp³-hybridized carbons (Fsp3) is 0.0870. The first kappa shape index (κ1) is 20.0. The number of para-hydroxylation sites is 2. The summed E-state index contributed by atoms with van der Waals surface area (Å²) in [5, 5.41) is 3.93. The zero-order valence-corrected chi connectivity index (χ0v) is 16.3. The fourth-order valence-electron chi connectivity index (χ4n) is 2.70. The molecule has 1 aromatic heterocycles. The quantitative estimate of drug-likeness (QED) is 0.217. The zero-order chi connectivity index (χ0) is 21.5. The van der Waals surface area contributed by atoms with Crippen LogP contribution in [0.15, 0.2) is 82.5 Å². The number of hydrogen-bond acceptors (Lipinski definition) is 7. The molecule has 8 nitrogen and oxygen atoms in total. The Hall–Kier alpha value is -4.33. The van der Waals surface area contributed by atoms with Crippen LogP contribution >= 0.6 is 0 Å². The standard InChI is InChI=1S/C23H18N2O6/c26-22(12-11-17-4-3-13-28-17)30-18-9-7-16(8-10-18)14-24-25-23(27)21-15-29-19-5-1-2-6-20(19)31-21/h1-14,21H,15H2,(H,25,27)/b12-11+,24-14+/t21-/m0/s1. The number of carbonyl (C=O) groups excluding carboxylic acids is 2. The van der Waals surface area contributed by atoms with Crippen LogP contribution in [0.25, 0.3) is 6.08 Å². The molecule has 2 heterocycles. The average Bonchev–Trinajstić information content (AvgIpc) is 3.32. The molecule has 2 aromatic carbocycles. The number of ether oxygens (including phenoxy) is 3. The molecule has 31 heavy (non-hydrogen) atoms. The third kappa shape index (κ3) is 5.39. The maximum atomic E-state index is 12.2. The second kappa shape index (κ2) is 9.45. The Morgan fingerprint density at radius 2 is 1.84 bits per heavy atom. The largest absolute Gasteiger partial charge is 0.485 e. The van der Waals surface area contributed by atoms with Gasteiger partial charge in [-0.15, -0.1) is 0 Å². The van der Waals surface area contributed by atoms with Gasteiger partial charge in [0.15, 0.2) is 11.5 Å². The Morgan fingerprint density at radius 3 is 2.61 bits per heavy atom. The summed E-state index contributed by atoms with van der Waals surface area (Å²) in [6.07, 6.45) is 4.99. The first-order chi connectivity index (χ1) is 15.2. The second-order valence-corrected chi connectivity index (χ2v) is 6.44. The average molecular weight is 418 g/mol. The van der Waals surface area contributed by atoms with Crippen molar-refractivity contribution in [2.24, 2.45) is 5.10 Å². The molecular formula is C23H18N2O6. The van der Waals surface area contributed by atoms with E-state index in [1.165, 1.54) is 24.6 Å². The third-order valence-electron chi connectivity index (χ3n) is 4.21. The highest BCUT2D eigenvalue weighted by molar-refractivity contribution is 5.88. The van der Waals surface area contributed by atoms with Crippen LogP contribution in [0.1, 0.15) is 11.3 Å². The Morgan fingerprint density at radius 1 is 1.03 bits per heavy atom. The summed E-state index contributed by atoms with van der Waals surface area (Å²) < 4.78 is 21.4. The monoisotopic (exact) mass is 418 g/mol. The molecule has 0 saturated carbocycles. The first-order valence-corrected chi connectivity index (χ1v) is 9.42. The predicted molar refractivity (Wildman–Crippen MR) is 112 cm³/mol. The molecule has 0 aliphatic carbocycles. The third-order valence-corrected chi connectivity index (χ3v) is 4.21. The summed E-state index contributed by atoms with van der Waals surface area (Å²) in [7, 11) is 0. The zero-order valence-electron chi connectivity index (χ0n) is 16.3. The van der Waals surface area contributed by atoms with Crippen LogP contribution < -0.4 is 19.6 Å². The topological polar surface area (TPSA) is 99.4 Å².